The molecule has 0 bridgehead atoms. The summed E-state index contributed by atoms with van der Waals surface area (Å²) in [5, 5.41) is 20.0. The van der Waals surface area contributed by atoms with Crippen molar-refractivity contribution in [3.8, 4) is 11.5 Å². The second kappa shape index (κ2) is 3.93. The minimum absolute atomic E-state index is 0.0212. The van der Waals surface area contributed by atoms with Gasteiger partial charge in [-0.1, -0.05) is 12.1 Å². The largest absolute Gasteiger partial charge is 0.507 e. The van der Waals surface area contributed by atoms with E-state index in [4.69, 9.17) is 0 Å². The minimum Gasteiger partial charge on any atom is -0.507 e. The Bertz CT molecular complexity index is 788. The zero-order valence-electron chi connectivity index (χ0n) is 11.0. The average molecular weight is 268 g/mol. The lowest BCUT2D eigenvalue weighted by Crippen LogP contribution is -2.21. The first-order valence-corrected chi connectivity index (χ1v) is 6.18. The molecule has 1 aliphatic carbocycles. The van der Waals surface area contributed by atoms with Gasteiger partial charge in [-0.05, 0) is 37.1 Å². The lowest BCUT2D eigenvalue weighted by Gasteiger charge is -2.21. The highest BCUT2D eigenvalue weighted by Crippen LogP contribution is 2.38. The second-order valence-corrected chi connectivity index (χ2v) is 4.95. The predicted octanol–water partition coefficient (Wildman–Crippen LogP) is 2.49. The van der Waals surface area contributed by atoms with Gasteiger partial charge in [-0.3, -0.25) is 9.59 Å². The molecule has 0 unspecified atom stereocenters. The van der Waals surface area contributed by atoms with Gasteiger partial charge in [0, 0.05) is 11.1 Å². The van der Waals surface area contributed by atoms with E-state index in [1.54, 1.807) is 19.9 Å². The SMILES string of the molecule is Cc1cc2c(c(O)c1C)C(=O)c1c(O)cccc1C2=O. The molecule has 2 N–H and O–H groups in total. The molecule has 100 valence electrons. The Morgan fingerprint density at radius 3 is 2.30 bits per heavy atom. The van der Waals surface area contributed by atoms with E-state index in [-0.39, 0.29) is 39.5 Å². The maximum Gasteiger partial charge on any atom is 0.201 e. The molecule has 4 nitrogen and oxygen atoms in total. The van der Waals surface area contributed by atoms with Crippen molar-refractivity contribution in [2.45, 2.75) is 13.8 Å². The van der Waals surface area contributed by atoms with Crippen LogP contribution in [0.25, 0.3) is 0 Å². The fraction of sp³-hybridized carbons (Fsp3) is 0.125. The average Bonchev–Trinajstić information content (AvgIpc) is 2.41. The number of rotatable bonds is 0. The van der Waals surface area contributed by atoms with Crippen molar-refractivity contribution in [3.05, 3.63) is 57.6 Å². The van der Waals surface area contributed by atoms with Crippen molar-refractivity contribution < 1.29 is 19.8 Å². The van der Waals surface area contributed by atoms with Gasteiger partial charge in [0.15, 0.2) is 5.78 Å². The third-order valence-corrected chi connectivity index (χ3v) is 3.80. The lowest BCUT2D eigenvalue weighted by atomic mass is 9.81. The number of fused-ring (bicyclic) bond motifs is 2. The molecule has 0 heterocycles. The summed E-state index contributed by atoms with van der Waals surface area (Å²) in [5.74, 6) is -1.31. The third kappa shape index (κ3) is 1.42. The Morgan fingerprint density at radius 2 is 1.60 bits per heavy atom. The van der Waals surface area contributed by atoms with Crippen LogP contribution in [-0.4, -0.2) is 21.8 Å². The molecule has 0 aromatic heterocycles. The molecule has 0 spiro atoms. The van der Waals surface area contributed by atoms with Crippen molar-refractivity contribution in [2.75, 3.05) is 0 Å². The van der Waals surface area contributed by atoms with E-state index in [9.17, 15) is 19.8 Å². The zero-order chi connectivity index (χ0) is 14.6. The third-order valence-electron chi connectivity index (χ3n) is 3.80. The standard InChI is InChI=1S/C16H12O4/c1-7-6-10-13(14(18)8(7)2)16(20)12-9(15(10)19)4-3-5-11(12)17/h3-6,17-18H,1-2H3. The molecule has 0 saturated carbocycles. The van der Waals surface area contributed by atoms with Gasteiger partial charge in [0.25, 0.3) is 0 Å². The van der Waals surface area contributed by atoms with Crippen LogP contribution in [0.1, 0.15) is 43.0 Å². The monoisotopic (exact) mass is 268 g/mol. The Hall–Kier alpha value is -2.62. The second-order valence-electron chi connectivity index (χ2n) is 4.95. The summed E-state index contributed by atoms with van der Waals surface area (Å²) in [6, 6.07) is 5.99. The van der Waals surface area contributed by atoms with Gasteiger partial charge >= 0.3 is 0 Å². The number of benzene rings is 2. The maximum absolute atomic E-state index is 12.5. The van der Waals surface area contributed by atoms with Crippen LogP contribution in [0.5, 0.6) is 11.5 Å². The van der Waals surface area contributed by atoms with E-state index in [2.05, 4.69) is 0 Å². The van der Waals surface area contributed by atoms with Gasteiger partial charge in [0.05, 0.1) is 11.1 Å². The molecular formula is C16H12O4. The Balaban J connectivity index is 2.42. The Morgan fingerprint density at radius 1 is 0.900 bits per heavy atom. The smallest absolute Gasteiger partial charge is 0.201 e. The fourth-order valence-corrected chi connectivity index (χ4v) is 2.55. The summed E-state index contributed by atoms with van der Waals surface area (Å²) >= 11 is 0. The number of hydrogen-bond donors (Lipinski definition) is 2. The highest BCUT2D eigenvalue weighted by Gasteiger charge is 2.34. The summed E-state index contributed by atoms with van der Waals surface area (Å²) < 4.78 is 0. The molecule has 20 heavy (non-hydrogen) atoms. The van der Waals surface area contributed by atoms with Crippen molar-refractivity contribution in [1.82, 2.24) is 0 Å². The molecule has 0 saturated heterocycles. The Kier molecular flexibility index (Phi) is 2.44. The quantitative estimate of drug-likeness (QED) is 0.657. The number of aryl methyl sites for hydroxylation is 1. The van der Waals surface area contributed by atoms with Crippen molar-refractivity contribution in [3.63, 3.8) is 0 Å². The van der Waals surface area contributed by atoms with E-state index in [1.807, 2.05) is 0 Å². The van der Waals surface area contributed by atoms with E-state index in [1.165, 1.54) is 18.2 Å². The number of phenols is 2. The molecule has 0 fully saturated rings. The van der Waals surface area contributed by atoms with Crippen molar-refractivity contribution in [2.24, 2.45) is 0 Å². The number of hydrogen-bond acceptors (Lipinski definition) is 4. The number of ketones is 2. The maximum atomic E-state index is 12.5. The normalized spacial score (nSPS) is 13.1. The zero-order valence-corrected chi connectivity index (χ0v) is 11.0. The van der Waals surface area contributed by atoms with Crippen molar-refractivity contribution >= 4 is 11.6 Å². The molecular weight excluding hydrogens is 256 g/mol. The van der Waals surface area contributed by atoms with Crippen LogP contribution in [0.4, 0.5) is 0 Å². The van der Waals surface area contributed by atoms with Crippen LogP contribution in [0.2, 0.25) is 0 Å². The molecule has 0 amide bonds. The molecule has 0 atom stereocenters. The molecule has 4 heteroatoms. The fourth-order valence-electron chi connectivity index (χ4n) is 2.55. The molecule has 1 aliphatic rings. The van der Waals surface area contributed by atoms with Gasteiger partial charge < -0.3 is 10.2 Å². The summed E-state index contributed by atoms with van der Waals surface area (Å²) in [6.45, 7) is 3.45. The van der Waals surface area contributed by atoms with Crippen LogP contribution in [0.3, 0.4) is 0 Å². The predicted molar refractivity (Wildman–Crippen MR) is 72.6 cm³/mol. The minimum atomic E-state index is -0.520. The summed E-state index contributed by atoms with van der Waals surface area (Å²) in [5.41, 5.74) is 1.60. The van der Waals surface area contributed by atoms with Crippen molar-refractivity contribution in [1.29, 1.82) is 0 Å². The number of phenolic OH excluding ortho intramolecular Hbond substituents is 2. The van der Waals surface area contributed by atoms with Gasteiger partial charge in [0.2, 0.25) is 5.78 Å². The summed E-state index contributed by atoms with van der Waals surface area (Å²) in [4.78, 5) is 24.9. The summed E-state index contributed by atoms with van der Waals surface area (Å²) in [7, 11) is 0. The molecule has 3 rings (SSSR count). The molecule has 2 aromatic carbocycles. The van der Waals surface area contributed by atoms with Gasteiger partial charge in [0.1, 0.15) is 11.5 Å². The lowest BCUT2D eigenvalue weighted by molar-refractivity contribution is 0.0974. The van der Waals surface area contributed by atoms with E-state index in [0.717, 1.165) is 5.56 Å². The molecule has 2 aromatic rings. The van der Waals surface area contributed by atoms with E-state index in [0.29, 0.717) is 5.56 Å². The number of carbonyl (C=O) groups excluding carboxylic acids is 2. The van der Waals surface area contributed by atoms with Gasteiger partial charge in [-0.2, -0.15) is 0 Å². The molecule has 0 aliphatic heterocycles. The number of aromatic hydroxyl groups is 2. The van der Waals surface area contributed by atoms with Crippen LogP contribution >= 0.6 is 0 Å². The number of carbonyl (C=O) groups is 2. The molecule has 0 radical (unpaired) electrons. The van der Waals surface area contributed by atoms with Gasteiger partial charge in [-0.15, -0.1) is 0 Å². The Labute approximate surface area is 115 Å². The van der Waals surface area contributed by atoms with E-state index >= 15 is 0 Å². The van der Waals surface area contributed by atoms with E-state index < -0.39 is 5.78 Å². The highest BCUT2D eigenvalue weighted by atomic mass is 16.3. The first-order chi connectivity index (χ1) is 9.43. The first-order valence-electron chi connectivity index (χ1n) is 6.18. The van der Waals surface area contributed by atoms with Crippen LogP contribution in [-0.2, 0) is 0 Å². The van der Waals surface area contributed by atoms with Gasteiger partial charge in [-0.25, -0.2) is 0 Å². The van der Waals surface area contributed by atoms with Crippen LogP contribution in [0.15, 0.2) is 24.3 Å². The topological polar surface area (TPSA) is 74.6 Å². The van der Waals surface area contributed by atoms with Crippen LogP contribution < -0.4 is 0 Å². The highest BCUT2D eigenvalue weighted by molar-refractivity contribution is 6.30. The first kappa shape index (κ1) is 12.4. The van der Waals surface area contributed by atoms with Crippen LogP contribution in [0, 0.1) is 13.8 Å². The summed E-state index contributed by atoms with van der Waals surface area (Å²) in [6.07, 6.45) is 0.